The van der Waals surface area contributed by atoms with Crippen molar-refractivity contribution in [3.05, 3.63) is 0 Å². The van der Waals surface area contributed by atoms with Gasteiger partial charge in [0.2, 0.25) is 20.8 Å². The van der Waals surface area contributed by atoms with Crippen molar-refractivity contribution in [2.24, 2.45) is 0 Å². The van der Waals surface area contributed by atoms with E-state index in [1.807, 2.05) is 0 Å². The van der Waals surface area contributed by atoms with Crippen LogP contribution in [0.2, 0.25) is 0 Å². The van der Waals surface area contributed by atoms with Crippen LogP contribution in [0.4, 0.5) is 0 Å². The molecule has 11 nitrogen and oxygen atoms in total. The number of carbonyl (C=O) groups is 1. The summed E-state index contributed by atoms with van der Waals surface area (Å²) in [5.41, 5.74) is 0. The zero-order valence-electron chi connectivity index (χ0n) is 7.85. The van der Waals surface area contributed by atoms with E-state index in [0.717, 1.165) is 6.92 Å². The Morgan fingerprint density at radius 2 is 1.19 bits per heavy atom. The van der Waals surface area contributed by atoms with Gasteiger partial charge in [0.05, 0.1) is 0 Å². The summed E-state index contributed by atoms with van der Waals surface area (Å²) in [5.74, 6) is -0.833. The normalized spacial score (nSPS) is 9.94. The Hall–Kier alpha value is -0.207. The Morgan fingerprint density at radius 1 is 1.06 bits per heavy atom. The summed E-state index contributed by atoms with van der Waals surface area (Å²) in [6.45, 7) is 1.08. The molecule has 14 heteroatoms. The van der Waals surface area contributed by atoms with Crippen LogP contribution in [-0.2, 0) is 53.7 Å². The van der Waals surface area contributed by atoms with E-state index in [-0.39, 0.29) is 25.6 Å². The van der Waals surface area contributed by atoms with Gasteiger partial charge in [0.1, 0.15) is 0 Å². The third-order valence-corrected chi connectivity index (χ3v) is 0.750. The second-order valence-electron chi connectivity index (χ2n) is 1.47. The van der Waals surface area contributed by atoms with Gasteiger partial charge in [-0.3, -0.25) is 4.79 Å². The fourth-order valence-corrected chi connectivity index (χ4v) is 0.612. The van der Waals surface area contributed by atoms with Gasteiger partial charge in [-0.1, -0.05) is 0 Å². The molecule has 0 unspecified atom stereocenters. The first-order valence-electron chi connectivity index (χ1n) is 2.43. The molecule has 0 aliphatic carbocycles. The molecule has 0 spiro atoms. The van der Waals surface area contributed by atoms with E-state index in [2.05, 4.69) is 8.67 Å². The Bertz CT molecular complexity index is 334. The van der Waals surface area contributed by atoms with Gasteiger partial charge in [0.25, 0.3) is 5.97 Å². The van der Waals surface area contributed by atoms with Crippen LogP contribution in [0.3, 0.4) is 0 Å². The summed E-state index contributed by atoms with van der Waals surface area (Å²) >= 11 is 0. The van der Waals surface area contributed by atoms with Crippen LogP contribution in [0.15, 0.2) is 0 Å². The number of aliphatic carboxylic acids is 1. The molecule has 0 aromatic rings. The third kappa shape index (κ3) is 48.9. The number of hydrogen-bond donors (Lipinski definition) is 2. The minimum atomic E-state index is -5.31. The zero-order chi connectivity index (χ0) is 12.0. The number of rotatable bonds is 3. The van der Waals surface area contributed by atoms with Crippen LogP contribution in [0.25, 0.3) is 0 Å². The summed E-state index contributed by atoms with van der Waals surface area (Å²) in [4.78, 5) is 9.00. The second kappa shape index (κ2) is 9.98. The van der Waals surface area contributed by atoms with Crippen molar-refractivity contribution in [1.29, 1.82) is 0 Å². The molecule has 94 valence electrons. The van der Waals surface area contributed by atoms with Crippen molar-refractivity contribution in [3.63, 3.8) is 0 Å². The smallest absolute Gasteiger partial charge is 0.724 e. The maximum absolute atomic E-state index is 9.37. The molecule has 0 radical (unpaired) electrons. The summed E-state index contributed by atoms with van der Waals surface area (Å²) in [6.07, 6.45) is 0. The molecule has 0 aliphatic rings. The minimum absolute atomic E-state index is 0. The van der Waals surface area contributed by atoms with Crippen LogP contribution in [0.1, 0.15) is 6.92 Å². The van der Waals surface area contributed by atoms with Crippen molar-refractivity contribution >= 4 is 26.8 Å². The molecule has 0 bridgehead atoms. The van der Waals surface area contributed by atoms with Crippen molar-refractivity contribution in [3.8, 4) is 0 Å². The molecule has 0 saturated carbocycles. The first kappa shape index (κ1) is 24.9. The predicted octanol–water partition coefficient (Wildman–Crippen LogP) is -1.89. The van der Waals surface area contributed by atoms with E-state index < -0.39 is 26.8 Å². The van der Waals surface area contributed by atoms with Crippen LogP contribution in [0.5, 0.6) is 0 Å². The van der Waals surface area contributed by atoms with Gasteiger partial charge in [-0.2, -0.15) is 0 Å². The Morgan fingerprint density at radius 3 is 1.25 bits per heavy atom. The maximum atomic E-state index is 9.37. The molecular formula is C2H7NO10S2Zn. The molecule has 0 aliphatic heterocycles. The first-order valence-corrected chi connectivity index (χ1v) is 5.09. The second-order valence-corrected chi connectivity index (χ2v) is 3.38. The van der Waals surface area contributed by atoms with Crippen LogP contribution in [-0.4, -0.2) is 37.0 Å². The Labute approximate surface area is 104 Å². The van der Waals surface area contributed by atoms with E-state index in [4.69, 9.17) is 9.90 Å². The average Bonchev–Trinajstić information content (AvgIpc) is 1.79. The first-order chi connectivity index (χ1) is 5.94. The zero-order valence-corrected chi connectivity index (χ0v) is 12.5. The van der Waals surface area contributed by atoms with Crippen molar-refractivity contribution < 1.29 is 64.0 Å². The van der Waals surface area contributed by atoms with Crippen LogP contribution >= 0.6 is 0 Å². The summed E-state index contributed by atoms with van der Waals surface area (Å²) in [6, 6.07) is 0. The van der Waals surface area contributed by atoms with Crippen molar-refractivity contribution in [2.75, 3.05) is 0 Å². The molecule has 4 N–H and O–H groups in total. The van der Waals surface area contributed by atoms with Crippen molar-refractivity contribution in [1.82, 2.24) is 6.15 Å². The molecule has 16 heavy (non-hydrogen) atoms. The quantitative estimate of drug-likeness (QED) is 0.191. The summed E-state index contributed by atoms with van der Waals surface area (Å²) in [7, 11) is -10.6. The minimum Gasteiger partial charge on any atom is -0.724 e. The molecule has 0 rings (SSSR count). The molecule has 0 aromatic carbocycles. The standard InChI is InChI=1S/C2H4O2.H3N.H2O8S2.Zn/c1-2(3)4;;1-9(2,3)7-8-10(4,5)6;/h1H3,(H,3,4);1H3;(H,1,2,3)(H,4,5,6);/q;;;+2/p-2. The van der Waals surface area contributed by atoms with E-state index >= 15 is 0 Å². The van der Waals surface area contributed by atoms with Gasteiger partial charge in [0.15, 0.2) is 0 Å². The molecule has 0 fully saturated rings. The van der Waals surface area contributed by atoms with E-state index in [1.165, 1.54) is 0 Å². The Balaban J connectivity index is -0.000000105. The molecule has 0 heterocycles. The number of carboxylic acid groups (broad SMARTS) is 1. The van der Waals surface area contributed by atoms with Crippen LogP contribution in [0, 0.1) is 0 Å². The van der Waals surface area contributed by atoms with Crippen LogP contribution < -0.4 is 6.15 Å². The topological polar surface area (TPSA) is 205 Å². The van der Waals surface area contributed by atoms with Gasteiger partial charge in [-0.05, 0) is 0 Å². The van der Waals surface area contributed by atoms with Gasteiger partial charge < -0.3 is 20.4 Å². The average molecular weight is 335 g/mol. The van der Waals surface area contributed by atoms with Gasteiger partial charge in [-0.15, -0.1) is 8.67 Å². The monoisotopic (exact) mass is 333 g/mol. The number of hydrogen-bond acceptors (Lipinski definition) is 10. The molecule has 0 amide bonds. The maximum Gasteiger partial charge on any atom is 2.00 e. The van der Waals surface area contributed by atoms with E-state index in [9.17, 15) is 25.9 Å². The predicted molar refractivity (Wildman–Crippen MR) is 39.9 cm³/mol. The Kier molecular flexibility index (Phi) is 15.5. The fourth-order valence-electron chi connectivity index (χ4n) is 0.0680. The SMILES string of the molecule is CC(=O)O.N.O=S(=O)([O-])OOS(=O)(=O)[O-].[Zn+2]. The van der Waals surface area contributed by atoms with Gasteiger partial charge in [0, 0.05) is 6.92 Å². The van der Waals surface area contributed by atoms with E-state index in [0.29, 0.717) is 0 Å². The van der Waals surface area contributed by atoms with Gasteiger partial charge >= 0.3 is 19.5 Å². The van der Waals surface area contributed by atoms with Crippen molar-refractivity contribution in [2.45, 2.75) is 6.92 Å². The van der Waals surface area contributed by atoms with Gasteiger partial charge in [-0.25, -0.2) is 16.8 Å². The molecule has 0 saturated heterocycles. The summed E-state index contributed by atoms with van der Waals surface area (Å²) < 4.78 is 61.5. The van der Waals surface area contributed by atoms with E-state index in [1.54, 1.807) is 0 Å². The fraction of sp³-hybridized carbons (Fsp3) is 0.500. The number of carboxylic acids is 1. The molecule has 0 aromatic heterocycles. The largest absolute Gasteiger partial charge is 2.00 e. The third-order valence-electron chi connectivity index (χ3n) is 0.194. The molecular weight excluding hydrogens is 328 g/mol. The molecule has 0 atom stereocenters. The summed E-state index contributed by atoms with van der Waals surface area (Å²) in [5, 5.41) is 7.42.